The first-order valence-corrected chi connectivity index (χ1v) is 10.6. The van der Waals surface area contributed by atoms with Crippen LogP contribution < -0.4 is 15.4 Å². The zero-order valence-electron chi connectivity index (χ0n) is 17.7. The standard InChI is InChI=1S/C24H21F3N4O2/c1-14-22(15-2-3-15)30-20-10-7-18(13-31(14)20)29-23(32)16-4-8-19(9-5-16)33-21-11-6-17(12-28-21)24(25,26)27/h4-13,15,20,30H,2-3H2,1H3,(H,29,32). The van der Waals surface area contributed by atoms with Crippen LogP contribution in [0, 0.1) is 5.92 Å². The van der Waals surface area contributed by atoms with Gasteiger partial charge in [-0.25, -0.2) is 4.98 Å². The Morgan fingerprint density at radius 2 is 1.94 bits per heavy atom. The predicted octanol–water partition coefficient (Wildman–Crippen LogP) is 4.91. The molecule has 2 aromatic rings. The number of hydrogen-bond acceptors (Lipinski definition) is 5. The second-order valence-corrected chi connectivity index (χ2v) is 8.18. The van der Waals surface area contributed by atoms with Crippen LogP contribution in [0.2, 0.25) is 0 Å². The van der Waals surface area contributed by atoms with Gasteiger partial charge < -0.3 is 20.3 Å². The highest BCUT2D eigenvalue weighted by Crippen LogP contribution is 2.41. The second-order valence-electron chi connectivity index (χ2n) is 8.18. The highest BCUT2D eigenvalue weighted by Gasteiger charge is 2.36. The van der Waals surface area contributed by atoms with Gasteiger partial charge in [0.05, 0.1) is 11.3 Å². The summed E-state index contributed by atoms with van der Waals surface area (Å²) in [4.78, 5) is 18.5. The number of benzene rings is 1. The molecule has 5 rings (SSSR count). The first-order chi connectivity index (χ1) is 15.8. The molecule has 1 aromatic carbocycles. The Balaban J connectivity index is 1.22. The number of halogens is 3. The van der Waals surface area contributed by atoms with Gasteiger partial charge in [-0.2, -0.15) is 13.2 Å². The Morgan fingerprint density at radius 1 is 1.18 bits per heavy atom. The third-order valence-corrected chi connectivity index (χ3v) is 5.76. The molecule has 6 nitrogen and oxygen atoms in total. The van der Waals surface area contributed by atoms with E-state index in [2.05, 4.69) is 27.4 Å². The van der Waals surface area contributed by atoms with E-state index in [0.717, 1.165) is 12.1 Å². The van der Waals surface area contributed by atoms with Gasteiger partial charge in [0.15, 0.2) is 0 Å². The van der Waals surface area contributed by atoms with Crippen LogP contribution in [0.25, 0.3) is 0 Å². The predicted molar refractivity (Wildman–Crippen MR) is 115 cm³/mol. The maximum Gasteiger partial charge on any atom is 0.417 e. The molecule has 3 aliphatic rings. The molecular weight excluding hydrogens is 433 g/mol. The third kappa shape index (κ3) is 4.44. The summed E-state index contributed by atoms with van der Waals surface area (Å²) in [5, 5.41) is 6.43. The fourth-order valence-electron chi connectivity index (χ4n) is 3.85. The van der Waals surface area contributed by atoms with Crippen molar-refractivity contribution >= 4 is 5.91 Å². The van der Waals surface area contributed by atoms with E-state index in [9.17, 15) is 18.0 Å². The lowest BCUT2D eigenvalue weighted by Gasteiger charge is -2.26. The Bertz CT molecular complexity index is 1160. The van der Waals surface area contributed by atoms with Crippen molar-refractivity contribution in [2.45, 2.75) is 32.1 Å². The lowest BCUT2D eigenvalue weighted by atomic mass is 10.2. The summed E-state index contributed by atoms with van der Waals surface area (Å²) < 4.78 is 43.4. The highest BCUT2D eigenvalue weighted by atomic mass is 19.4. The number of carbonyl (C=O) groups is 1. The minimum atomic E-state index is -4.45. The molecule has 1 unspecified atom stereocenters. The molecule has 1 fully saturated rings. The van der Waals surface area contributed by atoms with Crippen molar-refractivity contribution in [3.8, 4) is 11.6 Å². The molecule has 1 aromatic heterocycles. The van der Waals surface area contributed by atoms with E-state index in [1.54, 1.807) is 24.3 Å². The number of amides is 1. The molecule has 1 aliphatic carbocycles. The lowest BCUT2D eigenvalue weighted by Crippen LogP contribution is -2.36. The van der Waals surface area contributed by atoms with Crippen molar-refractivity contribution in [1.82, 2.24) is 20.5 Å². The molecule has 0 saturated heterocycles. The molecule has 0 bridgehead atoms. The molecule has 33 heavy (non-hydrogen) atoms. The topological polar surface area (TPSA) is 66.5 Å². The van der Waals surface area contributed by atoms with Gasteiger partial charge in [0.25, 0.3) is 5.91 Å². The molecule has 9 heteroatoms. The number of ether oxygens (including phenoxy) is 1. The fourth-order valence-corrected chi connectivity index (χ4v) is 3.85. The minimum Gasteiger partial charge on any atom is -0.439 e. The molecule has 1 amide bonds. The average Bonchev–Trinajstić information content (AvgIpc) is 3.58. The van der Waals surface area contributed by atoms with Gasteiger partial charge in [0, 0.05) is 41.3 Å². The molecule has 0 spiro atoms. The van der Waals surface area contributed by atoms with Crippen molar-refractivity contribution < 1.29 is 22.7 Å². The zero-order chi connectivity index (χ0) is 23.2. The monoisotopic (exact) mass is 454 g/mol. The summed E-state index contributed by atoms with van der Waals surface area (Å²) in [6.45, 7) is 2.08. The Kier molecular flexibility index (Phi) is 5.11. The van der Waals surface area contributed by atoms with E-state index in [0.29, 0.717) is 29.1 Å². The number of fused-ring (bicyclic) bond motifs is 1. The first kappa shape index (κ1) is 21.1. The summed E-state index contributed by atoms with van der Waals surface area (Å²) in [7, 11) is 0. The Labute approximate surface area is 188 Å². The van der Waals surface area contributed by atoms with Crippen LogP contribution in [-0.4, -0.2) is 22.0 Å². The van der Waals surface area contributed by atoms with Crippen molar-refractivity contribution in [2.75, 3.05) is 0 Å². The van der Waals surface area contributed by atoms with Crippen LogP contribution in [0.5, 0.6) is 11.6 Å². The summed E-state index contributed by atoms with van der Waals surface area (Å²) in [5.74, 6) is 0.726. The molecule has 0 radical (unpaired) electrons. The van der Waals surface area contributed by atoms with Gasteiger partial charge >= 0.3 is 6.18 Å². The molecule has 1 saturated carbocycles. The summed E-state index contributed by atoms with van der Waals surface area (Å²) in [5.41, 5.74) is 2.72. The van der Waals surface area contributed by atoms with E-state index >= 15 is 0 Å². The number of nitrogens with one attached hydrogen (secondary N) is 2. The number of aromatic nitrogens is 1. The number of rotatable bonds is 5. The number of pyridine rings is 1. The van der Waals surface area contributed by atoms with Crippen LogP contribution in [0.15, 0.2) is 78.0 Å². The molecule has 3 heterocycles. The van der Waals surface area contributed by atoms with E-state index < -0.39 is 11.7 Å². The van der Waals surface area contributed by atoms with Crippen molar-refractivity contribution in [1.29, 1.82) is 0 Å². The van der Waals surface area contributed by atoms with Crippen molar-refractivity contribution in [2.24, 2.45) is 5.92 Å². The number of alkyl halides is 3. The summed E-state index contributed by atoms with van der Waals surface area (Å²) in [6.07, 6.45) is 4.59. The van der Waals surface area contributed by atoms with E-state index in [1.807, 2.05) is 18.4 Å². The van der Waals surface area contributed by atoms with Gasteiger partial charge in [-0.3, -0.25) is 4.79 Å². The zero-order valence-corrected chi connectivity index (χ0v) is 17.7. The van der Waals surface area contributed by atoms with E-state index in [4.69, 9.17) is 4.74 Å². The molecule has 1 atom stereocenters. The normalized spacial score (nSPS) is 19.7. The molecule has 170 valence electrons. The van der Waals surface area contributed by atoms with Gasteiger partial charge in [0.1, 0.15) is 11.9 Å². The van der Waals surface area contributed by atoms with Crippen LogP contribution in [0.4, 0.5) is 13.2 Å². The number of nitrogens with zero attached hydrogens (tertiary/aromatic N) is 2. The number of carbonyl (C=O) groups excluding carboxylic acids is 1. The van der Waals surface area contributed by atoms with Gasteiger partial charge in [-0.05, 0) is 62.2 Å². The largest absolute Gasteiger partial charge is 0.439 e. The molecule has 2 aliphatic heterocycles. The maximum absolute atomic E-state index is 12.7. The smallest absolute Gasteiger partial charge is 0.417 e. The van der Waals surface area contributed by atoms with Crippen LogP contribution in [-0.2, 0) is 6.18 Å². The van der Waals surface area contributed by atoms with Crippen LogP contribution >= 0.6 is 0 Å². The van der Waals surface area contributed by atoms with Gasteiger partial charge in [-0.1, -0.05) is 0 Å². The van der Waals surface area contributed by atoms with Crippen molar-refractivity contribution in [3.05, 3.63) is 89.2 Å². The highest BCUT2D eigenvalue weighted by molar-refractivity contribution is 5.95. The van der Waals surface area contributed by atoms with Crippen LogP contribution in [0.1, 0.15) is 35.7 Å². The quantitative estimate of drug-likeness (QED) is 0.672. The number of allylic oxidation sites excluding steroid dienone is 3. The second kappa shape index (κ2) is 7.99. The summed E-state index contributed by atoms with van der Waals surface area (Å²) in [6, 6.07) is 8.34. The van der Waals surface area contributed by atoms with Crippen LogP contribution in [0.3, 0.4) is 0 Å². The third-order valence-electron chi connectivity index (χ3n) is 5.76. The first-order valence-electron chi connectivity index (χ1n) is 10.6. The van der Waals surface area contributed by atoms with Gasteiger partial charge in [0.2, 0.25) is 5.88 Å². The maximum atomic E-state index is 12.7. The SMILES string of the molecule is CC1=C(C2CC2)NC2C=CC(NC(=O)c3ccc(Oc4ccc(C(F)(F)F)cn4)cc3)=CN12. The molecular formula is C24H21F3N4O2. The van der Waals surface area contributed by atoms with Crippen molar-refractivity contribution in [3.63, 3.8) is 0 Å². The van der Waals surface area contributed by atoms with E-state index in [-0.39, 0.29) is 18.0 Å². The minimum absolute atomic E-state index is 0.0282. The number of hydrogen-bond donors (Lipinski definition) is 2. The lowest BCUT2D eigenvalue weighted by molar-refractivity contribution is -0.137. The Hall–Kier alpha value is -3.75. The molecule has 2 N–H and O–H groups in total. The fraction of sp³-hybridized carbons (Fsp3) is 0.250. The Morgan fingerprint density at radius 3 is 2.58 bits per heavy atom. The average molecular weight is 454 g/mol. The summed E-state index contributed by atoms with van der Waals surface area (Å²) >= 11 is 0. The van der Waals surface area contributed by atoms with E-state index in [1.165, 1.54) is 24.2 Å². The van der Waals surface area contributed by atoms with Gasteiger partial charge in [-0.15, -0.1) is 0 Å².